The number of rotatable bonds is 6. The van der Waals surface area contributed by atoms with Crippen molar-refractivity contribution >= 4 is 39.3 Å². The van der Waals surface area contributed by atoms with E-state index >= 15 is 0 Å². The Balaban J connectivity index is 2.21. The summed E-state index contributed by atoms with van der Waals surface area (Å²) in [5.41, 5.74) is 1.81. The Kier molecular flexibility index (Phi) is 7.02. The van der Waals surface area contributed by atoms with Gasteiger partial charge in [0.1, 0.15) is 6.04 Å². The summed E-state index contributed by atoms with van der Waals surface area (Å²) >= 11 is 9.33. The Bertz CT molecular complexity index is 749. The highest BCUT2D eigenvalue weighted by Gasteiger charge is 2.25. The van der Waals surface area contributed by atoms with Gasteiger partial charge < -0.3 is 10.2 Å². The lowest BCUT2D eigenvalue weighted by Crippen LogP contribution is -2.47. The van der Waals surface area contributed by atoms with E-state index in [-0.39, 0.29) is 18.2 Å². The first kappa shape index (κ1) is 19.5. The van der Waals surface area contributed by atoms with E-state index in [9.17, 15) is 9.59 Å². The molecule has 1 atom stereocenters. The average molecular weight is 424 g/mol. The van der Waals surface area contributed by atoms with Crippen LogP contribution in [0.2, 0.25) is 5.02 Å². The highest BCUT2D eigenvalue weighted by atomic mass is 79.9. The van der Waals surface area contributed by atoms with Gasteiger partial charge in [-0.05, 0) is 42.3 Å². The smallest absolute Gasteiger partial charge is 0.242 e. The summed E-state index contributed by atoms with van der Waals surface area (Å²) in [5, 5.41) is 3.23. The zero-order valence-corrected chi connectivity index (χ0v) is 16.5. The molecule has 2 aromatic carbocycles. The minimum atomic E-state index is -0.566. The minimum absolute atomic E-state index is 0.113. The summed E-state index contributed by atoms with van der Waals surface area (Å²) in [6.45, 7) is 2.09. The van der Waals surface area contributed by atoms with E-state index in [1.807, 2.05) is 36.4 Å². The molecule has 2 rings (SSSR count). The molecule has 4 nitrogen and oxygen atoms in total. The van der Waals surface area contributed by atoms with Gasteiger partial charge in [-0.3, -0.25) is 9.59 Å². The molecular formula is C19H20BrClN2O2. The van der Waals surface area contributed by atoms with Gasteiger partial charge in [-0.15, -0.1) is 0 Å². The van der Waals surface area contributed by atoms with Crippen LogP contribution in [0.1, 0.15) is 18.1 Å². The molecule has 6 heteroatoms. The lowest BCUT2D eigenvalue weighted by Gasteiger charge is -2.28. The fourth-order valence-corrected chi connectivity index (χ4v) is 3.07. The molecule has 0 bridgehead atoms. The van der Waals surface area contributed by atoms with Crippen LogP contribution in [0.15, 0.2) is 53.0 Å². The van der Waals surface area contributed by atoms with Gasteiger partial charge in [0, 0.05) is 23.1 Å². The second-order valence-electron chi connectivity index (χ2n) is 5.75. The zero-order valence-electron chi connectivity index (χ0n) is 14.1. The normalized spacial score (nSPS) is 11.7. The van der Waals surface area contributed by atoms with Crippen LogP contribution in [0.4, 0.5) is 0 Å². The fourth-order valence-electron chi connectivity index (χ4n) is 2.50. The van der Waals surface area contributed by atoms with Crippen LogP contribution in [0, 0.1) is 0 Å². The van der Waals surface area contributed by atoms with E-state index in [1.165, 1.54) is 0 Å². The molecule has 0 spiro atoms. The van der Waals surface area contributed by atoms with Crippen molar-refractivity contribution in [1.82, 2.24) is 10.2 Å². The molecule has 0 aliphatic rings. The van der Waals surface area contributed by atoms with E-state index in [1.54, 1.807) is 31.0 Å². The summed E-state index contributed by atoms with van der Waals surface area (Å²) in [6, 6.07) is 14.3. The number of nitrogens with zero attached hydrogens (tertiary/aromatic N) is 1. The molecule has 0 aliphatic heterocycles. The molecule has 0 saturated heterocycles. The molecule has 0 radical (unpaired) electrons. The molecule has 2 amide bonds. The molecule has 0 heterocycles. The van der Waals surface area contributed by atoms with Gasteiger partial charge in [0.05, 0.1) is 6.42 Å². The van der Waals surface area contributed by atoms with Crippen molar-refractivity contribution in [3.05, 3.63) is 69.2 Å². The predicted octanol–water partition coefficient (Wildman–Crippen LogP) is 3.81. The van der Waals surface area contributed by atoms with Gasteiger partial charge in [0.2, 0.25) is 11.8 Å². The van der Waals surface area contributed by atoms with Gasteiger partial charge in [0.25, 0.3) is 0 Å². The highest BCUT2D eigenvalue weighted by molar-refractivity contribution is 9.10. The van der Waals surface area contributed by atoms with Crippen molar-refractivity contribution in [1.29, 1.82) is 0 Å². The average Bonchev–Trinajstić information content (AvgIpc) is 2.60. The van der Waals surface area contributed by atoms with Crippen molar-refractivity contribution in [3.63, 3.8) is 0 Å². The Morgan fingerprint density at radius 2 is 1.84 bits per heavy atom. The van der Waals surface area contributed by atoms with Crippen LogP contribution in [0.25, 0.3) is 0 Å². The maximum Gasteiger partial charge on any atom is 0.242 e. The van der Waals surface area contributed by atoms with Gasteiger partial charge in [-0.1, -0.05) is 51.8 Å². The molecule has 25 heavy (non-hydrogen) atoms. The SMILES string of the molecule is CNC(=O)C(C)N(Cc1cccc(Br)c1)C(=O)Cc1ccc(Cl)cc1. The molecule has 1 N–H and O–H groups in total. The first-order chi connectivity index (χ1) is 11.9. The second-order valence-corrected chi connectivity index (χ2v) is 7.10. The number of halogens is 2. The highest BCUT2D eigenvalue weighted by Crippen LogP contribution is 2.17. The number of hydrogen-bond donors (Lipinski definition) is 1. The van der Waals surface area contributed by atoms with E-state index in [0.29, 0.717) is 11.6 Å². The molecule has 2 aromatic rings. The van der Waals surface area contributed by atoms with Gasteiger partial charge >= 0.3 is 0 Å². The molecule has 0 fully saturated rings. The zero-order chi connectivity index (χ0) is 18.4. The van der Waals surface area contributed by atoms with Crippen molar-refractivity contribution < 1.29 is 9.59 Å². The number of likely N-dealkylation sites (N-methyl/N-ethyl adjacent to an activating group) is 1. The predicted molar refractivity (Wildman–Crippen MR) is 103 cm³/mol. The van der Waals surface area contributed by atoms with E-state index in [4.69, 9.17) is 11.6 Å². The molecule has 0 aliphatic carbocycles. The van der Waals surface area contributed by atoms with Crippen LogP contribution >= 0.6 is 27.5 Å². The Labute approximate surface area is 161 Å². The van der Waals surface area contributed by atoms with Crippen molar-refractivity contribution in [2.24, 2.45) is 0 Å². The largest absolute Gasteiger partial charge is 0.357 e. The van der Waals surface area contributed by atoms with Crippen molar-refractivity contribution in [3.8, 4) is 0 Å². The number of hydrogen-bond acceptors (Lipinski definition) is 2. The third-order valence-electron chi connectivity index (χ3n) is 3.92. The van der Waals surface area contributed by atoms with Crippen LogP contribution in [-0.4, -0.2) is 29.8 Å². The quantitative estimate of drug-likeness (QED) is 0.768. The van der Waals surface area contributed by atoms with E-state index in [2.05, 4.69) is 21.2 Å². The molecule has 0 aromatic heterocycles. The fraction of sp³-hybridized carbons (Fsp3) is 0.263. The first-order valence-corrected chi connectivity index (χ1v) is 9.07. The summed E-state index contributed by atoms with van der Waals surface area (Å²) < 4.78 is 0.933. The number of carbonyl (C=O) groups excluding carboxylic acids is 2. The maximum absolute atomic E-state index is 12.8. The number of benzene rings is 2. The summed E-state index contributed by atoms with van der Waals surface area (Å²) in [4.78, 5) is 26.5. The summed E-state index contributed by atoms with van der Waals surface area (Å²) in [5.74, 6) is -0.308. The summed E-state index contributed by atoms with van der Waals surface area (Å²) in [7, 11) is 1.57. The summed E-state index contributed by atoms with van der Waals surface area (Å²) in [6.07, 6.45) is 0.215. The molecule has 132 valence electrons. The lowest BCUT2D eigenvalue weighted by atomic mass is 10.1. The molecular weight excluding hydrogens is 404 g/mol. The van der Waals surface area contributed by atoms with Gasteiger partial charge in [-0.25, -0.2) is 0 Å². The third kappa shape index (κ3) is 5.58. The third-order valence-corrected chi connectivity index (χ3v) is 4.67. The van der Waals surface area contributed by atoms with Crippen molar-refractivity contribution in [2.75, 3.05) is 7.05 Å². The van der Waals surface area contributed by atoms with Crippen LogP contribution in [-0.2, 0) is 22.6 Å². The second kappa shape index (κ2) is 9.02. The van der Waals surface area contributed by atoms with E-state index < -0.39 is 6.04 Å². The van der Waals surface area contributed by atoms with Crippen LogP contribution in [0.5, 0.6) is 0 Å². The number of nitrogens with one attached hydrogen (secondary N) is 1. The Hall–Kier alpha value is -1.85. The molecule has 1 unspecified atom stereocenters. The minimum Gasteiger partial charge on any atom is -0.357 e. The number of carbonyl (C=O) groups is 2. The van der Waals surface area contributed by atoms with Crippen LogP contribution in [0.3, 0.4) is 0 Å². The Morgan fingerprint density at radius 1 is 1.16 bits per heavy atom. The topological polar surface area (TPSA) is 49.4 Å². The monoisotopic (exact) mass is 422 g/mol. The molecule has 0 saturated carbocycles. The van der Waals surface area contributed by atoms with Gasteiger partial charge in [-0.2, -0.15) is 0 Å². The first-order valence-electron chi connectivity index (χ1n) is 7.90. The van der Waals surface area contributed by atoms with Gasteiger partial charge in [0.15, 0.2) is 0 Å². The van der Waals surface area contributed by atoms with E-state index in [0.717, 1.165) is 15.6 Å². The number of amides is 2. The van der Waals surface area contributed by atoms with Crippen LogP contribution < -0.4 is 5.32 Å². The standard InChI is InChI=1S/C19H20BrClN2O2/c1-13(19(25)22-2)23(12-15-4-3-5-16(20)10-15)18(24)11-14-6-8-17(21)9-7-14/h3-10,13H,11-12H2,1-2H3,(H,22,25). The van der Waals surface area contributed by atoms with Crippen molar-refractivity contribution in [2.45, 2.75) is 25.9 Å². The Morgan fingerprint density at radius 3 is 2.44 bits per heavy atom. The maximum atomic E-state index is 12.8. The lowest BCUT2D eigenvalue weighted by molar-refractivity contribution is -0.139.